The number of nitrogens with two attached hydrogens (primary N) is 1. The van der Waals surface area contributed by atoms with Crippen LogP contribution in [0, 0.1) is 17.3 Å². The van der Waals surface area contributed by atoms with E-state index in [9.17, 15) is 0 Å². The Labute approximate surface area is 133 Å². The van der Waals surface area contributed by atoms with E-state index in [-0.39, 0.29) is 24.8 Å². The molecule has 3 aliphatic carbocycles. The highest BCUT2D eigenvalue weighted by Crippen LogP contribution is 2.65. The first-order valence-electron chi connectivity index (χ1n) is 8.54. The Morgan fingerprint density at radius 2 is 1.95 bits per heavy atom. The molecule has 1 aromatic carbocycles. The topological polar surface area (TPSA) is 44.5 Å². The molecule has 118 valence electrons. The lowest BCUT2D eigenvalue weighted by Crippen LogP contribution is -2.65. The van der Waals surface area contributed by atoms with Crippen molar-refractivity contribution in [1.82, 2.24) is 0 Å². The molecule has 1 saturated heterocycles. The summed E-state index contributed by atoms with van der Waals surface area (Å²) in [6.07, 6.45) is 3.42. The Balaban J connectivity index is 1.48. The first-order chi connectivity index (χ1) is 10.4. The molecule has 0 aromatic heterocycles. The number of hydrogen-bond acceptors (Lipinski definition) is 3. The van der Waals surface area contributed by atoms with Gasteiger partial charge in [-0.15, -0.1) is 0 Å². The largest absolute Gasteiger partial charge is 0.475 e. The second-order valence-corrected chi connectivity index (χ2v) is 8.19. The normalized spacial score (nSPS) is 40.0. The van der Waals surface area contributed by atoms with Gasteiger partial charge in [0.1, 0.15) is 0 Å². The van der Waals surface area contributed by atoms with Crippen molar-refractivity contribution in [2.75, 3.05) is 0 Å². The highest BCUT2D eigenvalue weighted by molar-refractivity contribution is 6.47. The molecular formula is C18H26BNO2. The average molecular weight is 299 g/mol. The lowest BCUT2D eigenvalue weighted by atomic mass is 9.43. The van der Waals surface area contributed by atoms with E-state index in [4.69, 9.17) is 15.0 Å². The molecule has 2 N–H and O–H groups in total. The van der Waals surface area contributed by atoms with Crippen LogP contribution in [0.3, 0.4) is 0 Å². The Morgan fingerprint density at radius 3 is 2.64 bits per heavy atom. The summed E-state index contributed by atoms with van der Waals surface area (Å²) in [6.45, 7) is 7.01. The number of rotatable bonds is 3. The third kappa shape index (κ3) is 2.00. The van der Waals surface area contributed by atoms with Crippen molar-refractivity contribution in [3.8, 4) is 0 Å². The summed E-state index contributed by atoms with van der Waals surface area (Å²) in [4.78, 5) is 0. The molecule has 4 unspecified atom stereocenters. The van der Waals surface area contributed by atoms with E-state index in [1.165, 1.54) is 12.0 Å². The van der Waals surface area contributed by atoms with Crippen molar-refractivity contribution in [3.63, 3.8) is 0 Å². The van der Waals surface area contributed by atoms with Crippen molar-refractivity contribution in [1.29, 1.82) is 0 Å². The molecule has 1 heterocycles. The molecule has 0 spiro atoms. The third-order valence-electron chi connectivity index (χ3n) is 6.63. The molecule has 5 atom stereocenters. The van der Waals surface area contributed by atoms with Gasteiger partial charge in [0, 0.05) is 5.94 Å². The molecule has 4 aliphatic rings. The summed E-state index contributed by atoms with van der Waals surface area (Å²) in [5.41, 5.74) is 7.87. The van der Waals surface area contributed by atoms with Gasteiger partial charge in [-0.3, -0.25) is 0 Å². The molecule has 0 radical (unpaired) electrons. The van der Waals surface area contributed by atoms with Crippen LogP contribution in [-0.4, -0.2) is 24.8 Å². The fourth-order valence-electron chi connectivity index (χ4n) is 5.06. The maximum atomic E-state index is 6.43. The van der Waals surface area contributed by atoms with E-state index in [1.54, 1.807) is 0 Å². The van der Waals surface area contributed by atoms with Crippen molar-refractivity contribution in [3.05, 3.63) is 35.9 Å². The smallest absolute Gasteiger partial charge is 0.404 e. The zero-order valence-electron chi connectivity index (χ0n) is 13.8. The van der Waals surface area contributed by atoms with Gasteiger partial charge in [-0.1, -0.05) is 44.2 Å². The molecular weight excluding hydrogens is 273 g/mol. The van der Waals surface area contributed by atoms with Gasteiger partial charge in [0.15, 0.2) is 0 Å². The molecule has 2 bridgehead atoms. The number of hydrogen-bond donors (Lipinski definition) is 1. The third-order valence-corrected chi connectivity index (χ3v) is 6.63. The zero-order chi connectivity index (χ0) is 15.5. The van der Waals surface area contributed by atoms with Gasteiger partial charge in [0.05, 0.1) is 11.7 Å². The quantitative estimate of drug-likeness (QED) is 0.873. The maximum absolute atomic E-state index is 6.43. The van der Waals surface area contributed by atoms with E-state index in [0.29, 0.717) is 11.3 Å². The minimum absolute atomic E-state index is 0.106. The SMILES string of the molecule is CC1(C)C2CC3OB(C(N)Cc4ccccc4)O[C@@]3(C)C1C2. The summed E-state index contributed by atoms with van der Waals surface area (Å²) < 4.78 is 12.7. The molecule has 22 heavy (non-hydrogen) atoms. The average Bonchev–Trinajstić information content (AvgIpc) is 2.85. The van der Waals surface area contributed by atoms with Crippen LogP contribution in [0.5, 0.6) is 0 Å². The van der Waals surface area contributed by atoms with Gasteiger partial charge in [0.2, 0.25) is 0 Å². The summed E-state index contributed by atoms with van der Waals surface area (Å²) in [6, 6.07) is 10.4. The molecule has 3 nitrogen and oxygen atoms in total. The van der Waals surface area contributed by atoms with E-state index in [1.807, 2.05) is 6.07 Å². The molecule has 3 saturated carbocycles. The van der Waals surface area contributed by atoms with Crippen LogP contribution in [0.15, 0.2) is 30.3 Å². The van der Waals surface area contributed by atoms with Gasteiger partial charge in [-0.25, -0.2) is 0 Å². The van der Waals surface area contributed by atoms with Gasteiger partial charge in [0.25, 0.3) is 0 Å². The van der Waals surface area contributed by atoms with Crippen LogP contribution in [-0.2, 0) is 15.7 Å². The lowest BCUT2D eigenvalue weighted by Gasteiger charge is -2.64. The second kappa shape index (κ2) is 4.83. The van der Waals surface area contributed by atoms with Crippen molar-refractivity contribution >= 4 is 7.12 Å². The van der Waals surface area contributed by atoms with Crippen molar-refractivity contribution in [2.24, 2.45) is 23.0 Å². The van der Waals surface area contributed by atoms with E-state index >= 15 is 0 Å². The van der Waals surface area contributed by atoms with Gasteiger partial charge in [-0.05, 0) is 49.0 Å². The zero-order valence-corrected chi connectivity index (χ0v) is 13.8. The standard InChI is InChI=1S/C18H26BNO2/c1-17(2)13-10-14(17)18(3)15(11-13)21-19(22-18)16(20)9-12-7-5-4-6-8-12/h4-8,13-16H,9-11,20H2,1-3H3/t13?,14?,15?,16?,18-/m0/s1. The predicted octanol–water partition coefficient (Wildman–Crippen LogP) is 2.82. The molecule has 4 heteroatoms. The Morgan fingerprint density at radius 1 is 1.23 bits per heavy atom. The fraction of sp³-hybridized carbons (Fsp3) is 0.667. The van der Waals surface area contributed by atoms with Crippen molar-refractivity contribution < 1.29 is 9.31 Å². The van der Waals surface area contributed by atoms with Crippen LogP contribution < -0.4 is 5.73 Å². The monoisotopic (exact) mass is 299 g/mol. The first kappa shape index (κ1) is 14.7. The molecule has 4 fully saturated rings. The minimum atomic E-state index is -0.273. The van der Waals surface area contributed by atoms with E-state index < -0.39 is 0 Å². The Hall–Kier alpha value is -0.835. The number of benzene rings is 1. The van der Waals surface area contributed by atoms with Crippen LogP contribution in [0.25, 0.3) is 0 Å². The van der Waals surface area contributed by atoms with Crippen LogP contribution >= 0.6 is 0 Å². The first-order valence-corrected chi connectivity index (χ1v) is 8.54. The van der Waals surface area contributed by atoms with Gasteiger partial charge < -0.3 is 15.0 Å². The van der Waals surface area contributed by atoms with E-state index in [2.05, 4.69) is 45.0 Å². The van der Waals surface area contributed by atoms with Crippen LogP contribution in [0.4, 0.5) is 0 Å². The highest BCUT2D eigenvalue weighted by atomic mass is 16.7. The van der Waals surface area contributed by atoms with Gasteiger partial charge in [-0.2, -0.15) is 0 Å². The summed E-state index contributed by atoms with van der Waals surface area (Å²) >= 11 is 0. The van der Waals surface area contributed by atoms with Crippen LogP contribution in [0.1, 0.15) is 39.2 Å². The predicted molar refractivity (Wildman–Crippen MR) is 88.2 cm³/mol. The van der Waals surface area contributed by atoms with Crippen LogP contribution in [0.2, 0.25) is 0 Å². The minimum Gasteiger partial charge on any atom is -0.404 e. The highest BCUT2D eigenvalue weighted by Gasteiger charge is 2.68. The lowest BCUT2D eigenvalue weighted by molar-refractivity contribution is -0.199. The summed E-state index contributed by atoms with van der Waals surface area (Å²) in [5, 5.41) is 0. The Bertz CT molecular complexity index is 563. The fourth-order valence-corrected chi connectivity index (χ4v) is 5.06. The van der Waals surface area contributed by atoms with Gasteiger partial charge >= 0.3 is 7.12 Å². The summed E-state index contributed by atoms with van der Waals surface area (Å²) in [5.74, 6) is 1.27. The summed E-state index contributed by atoms with van der Waals surface area (Å²) in [7, 11) is -0.273. The molecule has 5 rings (SSSR count). The van der Waals surface area contributed by atoms with E-state index in [0.717, 1.165) is 18.8 Å². The second-order valence-electron chi connectivity index (χ2n) is 8.19. The molecule has 1 aromatic rings. The molecule has 0 amide bonds. The van der Waals surface area contributed by atoms with Crippen molar-refractivity contribution in [2.45, 2.75) is 57.7 Å². The molecule has 1 aliphatic heterocycles. The maximum Gasteiger partial charge on any atom is 0.475 e. The Kier molecular flexibility index (Phi) is 3.23.